The van der Waals surface area contributed by atoms with E-state index in [1.807, 2.05) is 25.1 Å². The lowest BCUT2D eigenvalue weighted by molar-refractivity contribution is -0.127. The molecule has 2 amide bonds. The van der Waals surface area contributed by atoms with E-state index in [1.54, 1.807) is 6.07 Å². The first-order valence-electron chi connectivity index (χ1n) is 11.7. The van der Waals surface area contributed by atoms with Crippen molar-refractivity contribution in [2.45, 2.75) is 51.5 Å². The lowest BCUT2D eigenvalue weighted by atomic mass is 9.93. The zero-order valence-corrected chi connectivity index (χ0v) is 18.9. The number of rotatable bonds is 11. The molecule has 3 atom stereocenters. The number of amides is 2. The van der Waals surface area contributed by atoms with Gasteiger partial charge in [-0.3, -0.25) is 14.4 Å². The molecule has 1 aromatic carbocycles. The number of fused-ring (bicyclic) bond motifs is 1. The van der Waals surface area contributed by atoms with Gasteiger partial charge in [0.15, 0.2) is 5.78 Å². The molecule has 8 nitrogen and oxygen atoms in total. The number of nitriles is 1. The number of ketones is 1. The lowest BCUT2D eigenvalue weighted by Gasteiger charge is -2.19. The highest BCUT2D eigenvalue weighted by molar-refractivity contribution is 6.02. The predicted molar refractivity (Wildman–Crippen MR) is 123 cm³/mol. The molecule has 1 aliphatic carbocycles. The highest BCUT2D eigenvalue weighted by Gasteiger charge is 2.33. The molecule has 0 spiro atoms. The van der Waals surface area contributed by atoms with Gasteiger partial charge in [-0.05, 0) is 50.3 Å². The number of benzene rings is 1. The standard InChI is InChI=1S/C25H30N4O4/c1-2-33-23-5-3-4-20-19(23)13-21(29-20)22(30)12-17(10-15-6-7-15)25(32)28-18(14-26)11-16-8-9-27-24(16)31/h3-5,13,15-18,29H,2,6-12H2,1H3,(H,27,31)(H,28,32)/t16-,17+,18-/m0/s1. The Hall–Kier alpha value is -3.34. The molecule has 2 heterocycles. The van der Waals surface area contributed by atoms with E-state index in [9.17, 15) is 19.6 Å². The number of ether oxygens (including phenoxy) is 1. The molecule has 2 aliphatic rings. The van der Waals surface area contributed by atoms with Crippen molar-refractivity contribution in [3.63, 3.8) is 0 Å². The highest BCUT2D eigenvalue weighted by Crippen LogP contribution is 2.37. The SMILES string of the molecule is CCOc1cccc2[nH]c(C(=O)C[C@@H](CC3CC3)C(=O)N[C@H](C#N)C[C@@H]3CCNC3=O)cc12. The van der Waals surface area contributed by atoms with E-state index in [1.165, 1.54) is 0 Å². The number of hydrogen-bond acceptors (Lipinski definition) is 5. The Labute approximate surface area is 193 Å². The summed E-state index contributed by atoms with van der Waals surface area (Å²) in [5, 5.41) is 15.9. The highest BCUT2D eigenvalue weighted by atomic mass is 16.5. The molecule has 1 saturated carbocycles. The molecule has 2 fully saturated rings. The first kappa shape index (κ1) is 22.8. The normalized spacial score (nSPS) is 19.5. The summed E-state index contributed by atoms with van der Waals surface area (Å²) in [6.45, 7) is 3.04. The van der Waals surface area contributed by atoms with Gasteiger partial charge in [-0.2, -0.15) is 5.26 Å². The third-order valence-corrected chi connectivity index (χ3v) is 6.50. The fourth-order valence-electron chi connectivity index (χ4n) is 4.52. The monoisotopic (exact) mass is 450 g/mol. The molecule has 2 aromatic rings. The van der Waals surface area contributed by atoms with Crippen molar-refractivity contribution in [1.29, 1.82) is 5.26 Å². The molecule has 0 unspecified atom stereocenters. The van der Waals surface area contributed by atoms with E-state index in [2.05, 4.69) is 21.7 Å². The van der Waals surface area contributed by atoms with Crippen LogP contribution in [0.1, 0.15) is 55.9 Å². The summed E-state index contributed by atoms with van der Waals surface area (Å²) < 4.78 is 5.66. The van der Waals surface area contributed by atoms with Crippen LogP contribution in [0.3, 0.4) is 0 Å². The summed E-state index contributed by atoms with van der Waals surface area (Å²) >= 11 is 0. The van der Waals surface area contributed by atoms with E-state index in [-0.39, 0.29) is 29.9 Å². The summed E-state index contributed by atoms with van der Waals surface area (Å²) in [7, 11) is 0. The quantitative estimate of drug-likeness (QED) is 0.454. The van der Waals surface area contributed by atoms with Crippen molar-refractivity contribution in [3.05, 3.63) is 30.0 Å². The smallest absolute Gasteiger partial charge is 0.224 e. The lowest BCUT2D eigenvalue weighted by Crippen LogP contribution is -2.40. The number of carbonyl (C=O) groups excluding carboxylic acids is 3. The first-order chi connectivity index (χ1) is 16.0. The zero-order valence-electron chi connectivity index (χ0n) is 18.9. The third-order valence-electron chi connectivity index (χ3n) is 6.50. The molecule has 1 saturated heterocycles. The predicted octanol–water partition coefficient (Wildman–Crippen LogP) is 3.09. The fourth-order valence-corrected chi connectivity index (χ4v) is 4.52. The Balaban J connectivity index is 1.44. The van der Waals surface area contributed by atoms with Gasteiger partial charge in [0, 0.05) is 35.7 Å². The average Bonchev–Trinajstić information content (AvgIpc) is 3.35. The van der Waals surface area contributed by atoms with E-state index in [0.717, 1.165) is 23.7 Å². The minimum atomic E-state index is -0.745. The Bertz CT molecular complexity index is 1080. The number of nitrogens with one attached hydrogen (secondary N) is 3. The maximum absolute atomic E-state index is 13.1. The molecule has 4 rings (SSSR count). The maximum atomic E-state index is 13.1. The number of hydrogen-bond donors (Lipinski definition) is 3. The summed E-state index contributed by atoms with van der Waals surface area (Å²) in [5.74, 6) is -0.100. The Morgan fingerprint density at radius 3 is 2.76 bits per heavy atom. The van der Waals surface area contributed by atoms with Gasteiger partial charge in [0.25, 0.3) is 0 Å². The van der Waals surface area contributed by atoms with Crippen LogP contribution in [0.15, 0.2) is 24.3 Å². The molecule has 0 radical (unpaired) electrons. The van der Waals surface area contributed by atoms with Crippen molar-refractivity contribution in [3.8, 4) is 11.8 Å². The van der Waals surface area contributed by atoms with Crippen LogP contribution in [0.4, 0.5) is 0 Å². The van der Waals surface area contributed by atoms with Gasteiger partial charge in [-0.25, -0.2) is 0 Å². The number of H-pyrrole nitrogens is 1. The second-order valence-corrected chi connectivity index (χ2v) is 9.04. The van der Waals surface area contributed by atoms with Crippen molar-refractivity contribution >= 4 is 28.5 Å². The van der Waals surface area contributed by atoms with Gasteiger partial charge < -0.3 is 20.4 Å². The van der Waals surface area contributed by atoms with Gasteiger partial charge >= 0.3 is 0 Å². The molecule has 1 aliphatic heterocycles. The molecule has 33 heavy (non-hydrogen) atoms. The van der Waals surface area contributed by atoms with Crippen molar-refractivity contribution in [1.82, 2.24) is 15.6 Å². The van der Waals surface area contributed by atoms with Crippen LogP contribution >= 0.6 is 0 Å². The fraction of sp³-hybridized carbons (Fsp3) is 0.520. The molecule has 1 aromatic heterocycles. The van der Waals surface area contributed by atoms with Crippen LogP contribution in [0.25, 0.3) is 10.9 Å². The van der Waals surface area contributed by atoms with Crippen molar-refractivity contribution < 1.29 is 19.1 Å². The summed E-state index contributed by atoms with van der Waals surface area (Å²) in [6, 6.07) is 8.77. The van der Waals surface area contributed by atoms with E-state index < -0.39 is 12.0 Å². The summed E-state index contributed by atoms with van der Waals surface area (Å²) in [5.41, 5.74) is 1.26. The number of nitrogens with zero attached hydrogens (tertiary/aromatic N) is 1. The molecule has 3 N–H and O–H groups in total. The first-order valence-corrected chi connectivity index (χ1v) is 11.7. The Morgan fingerprint density at radius 1 is 1.27 bits per heavy atom. The Morgan fingerprint density at radius 2 is 2.09 bits per heavy atom. The minimum absolute atomic E-state index is 0.0700. The second-order valence-electron chi connectivity index (χ2n) is 9.04. The summed E-state index contributed by atoms with van der Waals surface area (Å²) in [6.07, 6.45) is 3.78. The van der Waals surface area contributed by atoms with Gasteiger partial charge in [0.1, 0.15) is 11.8 Å². The van der Waals surface area contributed by atoms with Crippen LogP contribution in [-0.2, 0) is 9.59 Å². The zero-order chi connectivity index (χ0) is 23.4. The van der Waals surface area contributed by atoms with Crippen LogP contribution < -0.4 is 15.4 Å². The number of aromatic nitrogens is 1. The molecule has 174 valence electrons. The Kier molecular flexibility index (Phi) is 6.97. The molecule has 0 bridgehead atoms. The topological polar surface area (TPSA) is 124 Å². The van der Waals surface area contributed by atoms with E-state index in [4.69, 9.17) is 4.74 Å². The maximum Gasteiger partial charge on any atom is 0.224 e. The van der Waals surface area contributed by atoms with Crippen LogP contribution in [0.5, 0.6) is 5.75 Å². The van der Waals surface area contributed by atoms with Crippen molar-refractivity contribution in [2.75, 3.05) is 13.2 Å². The average molecular weight is 451 g/mol. The van der Waals surface area contributed by atoms with Gasteiger partial charge in [-0.1, -0.05) is 18.9 Å². The largest absolute Gasteiger partial charge is 0.493 e. The van der Waals surface area contributed by atoms with Crippen LogP contribution in [0.2, 0.25) is 0 Å². The molecular weight excluding hydrogens is 420 g/mol. The third kappa shape index (κ3) is 5.54. The van der Waals surface area contributed by atoms with Gasteiger partial charge in [-0.15, -0.1) is 0 Å². The van der Waals surface area contributed by atoms with Crippen LogP contribution in [-0.4, -0.2) is 41.8 Å². The summed E-state index contributed by atoms with van der Waals surface area (Å²) in [4.78, 5) is 41.2. The van der Waals surface area contributed by atoms with Crippen molar-refractivity contribution in [2.24, 2.45) is 17.8 Å². The number of Topliss-reactive ketones (excluding diaryl/α,β-unsaturated/α-hetero) is 1. The number of carbonyl (C=O) groups is 3. The van der Waals surface area contributed by atoms with Gasteiger partial charge in [0.2, 0.25) is 11.8 Å². The number of aromatic amines is 1. The molecule has 8 heteroatoms. The van der Waals surface area contributed by atoms with Crippen LogP contribution in [0, 0.1) is 29.1 Å². The second kappa shape index (κ2) is 10.1. The van der Waals surface area contributed by atoms with Gasteiger partial charge in [0.05, 0.1) is 18.4 Å². The minimum Gasteiger partial charge on any atom is -0.493 e. The van der Waals surface area contributed by atoms with E-state index >= 15 is 0 Å². The van der Waals surface area contributed by atoms with E-state index in [0.29, 0.717) is 49.8 Å². The molecular formula is C25H30N4O4.